The molecule has 6 unspecified atom stereocenters. The van der Waals surface area contributed by atoms with E-state index in [1.54, 1.807) is 24.3 Å². The molecule has 2 bridgehead atoms. The second-order valence-electron chi connectivity index (χ2n) is 13.8. The van der Waals surface area contributed by atoms with E-state index in [0.29, 0.717) is 30.5 Å². The first-order valence-corrected chi connectivity index (χ1v) is 21.6. The highest BCUT2D eigenvalue weighted by Gasteiger charge is 2.46. The van der Waals surface area contributed by atoms with Crippen molar-refractivity contribution in [3.63, 3.8) is 0 Å². The highest BCUT2D eigenvalue weighted by atomic mass is 35.5. The van der Waals surface area contributed by atoms with Crippen molar-refractivity contribution in [2.45, 2.75) is 69.6 Å². The van der Waals surface area contributed by atoms with Crippen molar-refractivity contribution in [1.29, 1.82) is 0 Å². The molecular weight excluding hydrogens is 768 g/mol. The molecule has 1 saturated heterocycles. The molecule has 8 N–H and O–H groups in total. The van der Waals surface area contributed by atoms with E-state index in [1.807, 2.05) is 0 Å². The predicted molar refractivity (Wildman–Crippen MR) is 195 cm³/mol. The summed E-state index contributed by atoms with van der Waals surface area (Å²) in [6, 6.07) is 7.01. The normalized spacial score (nSPS) is 25.9. The Morgan fingerprint density at radius 3 is 2.35 bits per heavy atom. The number of aliphatic hydroxyl groups is 2. The van der Waals surface area contributed by atoms with Gasteiger partial charge in [0.15, 0.2) is 29.1 Å². The van der Waals surface area contributed by atoms with Crippen LogP contribution < -0.4 is 16.0 Å². The SMILES string of the molecule is O=C(NCCCCCCNC(=O)C1CC2C=CC1C2)c1ccc(CNc2nc(Cl)nc3c2ncn3[C@@H]2O[C@H](COP(=O)(O)CP(=O)(O)O)C(O)C2O)cc1. The van der Waals surface area contributed by atoms with Gasteiger partial charge in [-0.3, -0.25) is 23.3 Å². The van der Waals surface area contributed by atoms with E-state index in [-0.39, 0.29) is 46.5 Å². The second kappa shape index (κ2) is 17.2. The molecule has 0 spiro atoms. The number of allylic oxidation sites excluding steroid dienone is 2. The number of aromatic nitrogens is 4. The van der Waals surface area contributed by atoms with Gasteiger partial charge in [-0.25, -0.2) is 4.98 Å². The zero-order chi connectivity index (χ0) is 38.6. The van der Waals surface area contributed by atoms with E-state index >= 15 is 0 Å². The standard InChI is InChI=1S/C33H44ClN7O11P2/c34-33-39-28(25-29(40-33)41(17-38-25)32-27(43)26(42)24(52-32)16-51-54(49,50)18-53(46,47)48)37-15-19-5-8-21(9-6-19)30(44)35-11-3-1-2-4-12-36-31(45)23-14-20-7-10-22(23)13-20/h5-10,17,20,22-24,26-27,32,42-43H,1-4,11-16,18H2,(H,35,44)(H,36,45)(H,49,50)(H,37,39,40)(H2,46,47,48)/t20?,22?,23?,24-,26?,27?,32-/m1/s1. The molecule has 3 aliphatic rings. The summed E-state index contributed by atoms with van der Waals surface area (Å²) in [7, 11) is -9.60. The molecule has 8 atom stereocenters. The third-order valence-electron chi connectivity index (χ3n) is 9.79. The van der Waals surface area contributed by atoms with E-state index in [9.17, 15) is 33.8 Å². The number of benzene rings is 1. The van der Waals surface area contributed by atoms with Gasteiger partial charge < -0.3 is 50.1 Å². The largest absolute Gasteiger partial charge is 0.387 e. The number of hydrogen-bond donors (Lipinski definition) is 8. The van der Waals surface area contributed by atoms with E-state index in [4.69, 9.17) is 30.6 Å². The van der Waals surface area contributed by atoms with Gasteiger partial charge >= 0.3 is 15.2 Å². The maximum Gasteiger partial charge on any atom is 0.340 e. The summed E-state index contributed by atoms with van der Waals surface area (Å²) in [5, 5.41) is 30.2. The fraction of sp³-hybridized carbons (Fsp3) is 0.545. The van der Waals surface area contributed by atoms with Gasteiger partial charge in [-0.1, -0.05) is 37.1 Å². The smallest absolute Gasteiger partial charge is 0.340 e. The molecular formula is C33H44ClN7O11P2. The number of imidazole rings is 1. The van der Waals surface area contributed by atoms with Crippen LogP contribution in [0.25, 0.3) is 11.2 Å². The maximum atomic E-state index is 12.7. The first kappa shape index (κ1) is 40.4. The van der Waals surface area contributed by atoms with Crippen LogP contribution in [0.5, 0.6) is 0 Å². The third kappa shape index (κ3) is 10.1. The number of rotatable bonds is 18. The maximum absolute atomic E-state index is 12.7. The molecule has 1 saturated carbocycles. The van der Waals surface area contributed by atoms with Gasteiger partial charge in [0.05, 0.1) is 12.9 Å². The molecule has 1 aliphatic heterocycles. The van der Waals surface area contributed by atoms with Gasteiger partial charge in [0, 0.05) is 31.1 Å². The topological polar surface area (TPSA) is 268 Å². The average Bonchev–Trinajstić information content (AvgIpc) is 3.91. The number of carbonyl (C=O) groups excluding carboxylic acids is 2. The number of nitrogens with zero attached hydrogens (tertiary/aromatic N) is 4. The minimum atomic E-state index is -4.87. The number of carbonyl (C=O) groups is 2. The molecule has 0 radical (unpaired) electrons. The number of hydrogen-bond acceptors (Lipinski definition) is 12. The summed E-state index contributed by atoms with van der Waals surface area (Å²) in [6.45, 7) is 0.745. The van der Waals surface area contributed by atoms with E-state index in [1.165, 1.54) is 10.9 Å². The summed E-state index contributed by atoms with van der Waals surface area (Å²) < 4.78 is 34.9. The Kier molecular flexibility index (Phi) is 12.9. The lowest BCUT2D eigenvalue weighted by Crippen LogP contribution is -2.33. The quantitative estimate of drug-likeness (QED) is 0.0397. The van der Waals surface area contributed by atoms with Gasteiger partial charge in [-0.05, 0) is 66.8 Å². The van der Waals surface area contributed by atoms with Crippen LogP contribution in [0.15, 0.2) is 42.7 Å². The number of ether oxygens (including phenoxy) is 1. The number of amides is 2. The fourth-order valence-corrected chi connectivity index (χ4v) is 9.79. The summed E-state index contributed by atoms with van der Waals surface area (Å²) in [5.41, 5.74) is 1.71. The van der Waals surface area contributed by atoms with E-state index in [0.717, 1.165) is 44.1 Å². The lowest BCUT2D eigenvalue weighted by Gasteiger charge is -2.18. The van der Waals surface area contributed by atoms with Crippen LogP contribution >= 0.6 is 26.8 Å². The van der Waals surface area contributed by atoms with Gasteiger partial charge in [0.1, 0.15) is 18.3 Å². The summed E-state index contributed by atoms with van der Waals surface area (Å²) in [5.74, 6) is -0.0610. The molecule has 21 heteroatoms. The van der Waals surface area contributed by atoms with Crippen LogP contribution in [-0.4, -0.2) is 100 Å². The van der Waals surface area contributed by atoms with Crippen molar-refractivity contribution in [2.75, 3.05) is 30.9 Å². The van der Waals surface area contributed by atoms with Gasteiger partial charge in [0.2, 0.25) is 11.2 Å². The van der Waals surface area contributed by atoms with Crippen molar-refractivity contribution in [1.82, 2.24) is 30.2 Å². The Labute approximate surface area is 315 Å². The molecule has 294 valence electrons. The van der Waals surface area contributed by atoms with Crippen molar-refractivity contribution < 1.29 is 52.9 Å². The predicted octanol–water partition coefficient (Wildman–Crippen LogP) is 2.67. The van der Waals surface area contributed by atoms with Crippen LogP contribution in [0.2, 0.25) is 5.28 Å². The Morgan fingerprint density at radius 1 is 0.963 bits per heavy atom. The molecule has 2 amide bonds. The average molecular weight is 812 g/mol. The zero-order valence-corrected chi connectivity index (χ0v) is 31.7. The minimum absolute atomic E-state index is 0.131. The number of unbranched alkanes of at least 4 members (excludes halogenated alkanes) is 3. The van der Waals surface area contributed by atoms with Crippen molar-refractivity contribution in [2.24, 2.45) is 17.8 Å². The highest BCUT2D eigenvalue weighted by molar-refractivity contribution is 7.70. The number of fused-ring (bicyclic) bond motifs is 3. The Balaban J connectivity index is 0.940. The summed E-state index contributed by atoms with van der Waals surface area (Å²) in [6.07, 6.45) is 5.63. The monoisotopic (exact) mass is 811 g/mol. The highest BCUT2D eigenvalue weighted by Crippen LogP contribution is 2.55. The first-order chi connectivity index (χ1) is 25.7. The summed E-state index contributed by atoms with van der Waals surface area (Å²) >= 11 is 6.21. The molecule has 6 rings (SSSR count). The molecule has 2 fully saturated rings. The minimum Gasteiger partial charge on any atom is -0.387 e. The first-order valence-electron chi connectivity index (χ1n) is 17.7. The molecule has 18 nitrogen and oxygen atoms in total. The molecule has 54 heavy (non-hydrogen) atoms. The number of aliphatic hydroxyl groups excluding tert-OH is 2. The lowest BCUT2D eigenvalue weighted by atomic mass is 9.93. The number of nitrogens with one attached hydrogen (secondary N) is 3. The van der Waals surface area contributed by atoms with Crippen LogP contribution in [0.4, 0.5) is 5.82 Å². The Hall–Kier alpha value is -3.28. The van der Waals surface area contributed by atoms with E-state index in [2.05, 4.69) is 43.1 Å². The summed E-state index contributed by atoms with van der Waals surface area (Å²) in [4.78, 5) is 65.6. The Morgan fingerprint density at radius 2 is 1.69 bits per heavy atom. The Bertz CT molecular complexity index is 1940. The van der Waals surface area contributed by atoms with Crippen LogP contribution in [0.3, 0.4) is 0 Å². The van der Waals surface area contributed by atoms with Crippen LogP contribution in [-0.2, 0) is 29.7 Å². The molecule has 2 aliphatic carbocycles. The molecule has 1 aromatic carbocycles. The fourth-order valence-electron chi connectivity index (χ4n) is 7.05. The van der Waals surface area contributed by atoms with Crippen molar-refractivity contribution in [3.8, 4) is 0 Å². The van der Waals surface area contributed by atoms with Gasteiger partial charge in [-0.2, -0.15) is 9.97 Å². The lowest BCUT2D eigenvalue weighted by molar-refractivity contribution is -0.125. The third-order valence-corrected chi connectivity index (χ3v) is 13.4. The van der Waals surface area contributed by atoms with Crippen molar-refractivity contribution in [3.05, 3.63) is 59.2 Å². The molecule has 3 heterocycles. The van der Waals surface area contributed by atoms with Gasteiger partial charge in [0.25, 0.3) is 5.91 Å². The van der Waals surface area contributed by atoms with Crippen LogP contribution in [0.1, 0.15) is 60.7 Å². The van der Waals surface area contributed by atoms with Crippen molar-refractivity contribution >= 4 is 55.6 Å². The molecule has 3 aromatic rings. The number of halogens is 1. The second-order valence-corrected chi connectivity index (χ2v) is 18.2. The van der Waals surface area contributed by atoms with Gasteiger partial charge in [-0.15, -0.1) is 0 Å². The van der Waals surface area contributed by atoms with Crippen LogP contribution in [0, 0.1) is 17.8 Å². The zero-order valence-electron chi connectivity index (χ0n) is 29.1. The number of anilines is 1. The van der Waals surface area contributed by atoms with E-state index < -0.39 is 52.2 Å². The molecule has 2 aromatic heterocycles.